The SMILES string of the molecule is Cc1cc(-c2ccccc2)ccc1N1c2ccc(-c3ccc4sc5ccccc5c4c3)cc2B2c3cc4c(cc3N(c3ccc5c(c3)C(C)(C)CCC5(C)C)c3cc(N(c5ccc(C(C)(C)C)cc5)c5ccc(C(C)(C)C)cc5)cc1c32)C(C)(C)CCC4(C)C. The number of rotatable bonds is 7. The fourth-order valence-electron chi connectivity index (χ4n) is 15.9. The van der Waals surface area contributed by atoms with E-state index in [0.717, 1.165) is 42.7 Å². The van der Waals surface area contributed by atoms with E-state index in [0.29, 0.717) is 0 Å². The summed E-state index contributed by atoms with van der Waals surface area (Å²) in [6, 6.07) is 78.6. The molecule has 11 aromatic rings. The maximum absolute atomic E-state index is 2.74. The van der Waals surface area contributed by atoms with Gasteiger partial charge in [0.05, 0.1) is 5.69 Å². The van der Waals surface area contributed by atoms with Crippen molar-refractivity contribution < 1.29 is 0 Å². The monoisotopic (exact) mass is 1190 g/mol. The fourth-order valence-corrected chi connectivity index (χ4v) is 17.0. The molecule has 0 radical (unpaired) electrons. The van der Waals surface area contributed by atoms with Crippen LogP contribution in [0.25, 0.3) is 42.4 Å². The average Bonchev–Trinajstić information content (AvgIpc) is 0.790. The number of anilines is 9. The Kier molecular flexibility index (Phi) is 13.2. The zero-order valence-electron chi connectivity index (χ0n) is 55.7. The molecule has 0 N–H and O–H groups in total. The van der Waals surface area contributed by atoms with Crippen LogP contribution in [0.2, 0.25) is 0 Å². The van der Waals surface area contributed by atoms with Crippen LogP contribution in [0, 0.1) is 6.92 Å². The van der Waals surface area contributed by atoms with Crippen molar-refractivity contribution in [3.63, 3.8) is 0 Å². The number of nitrogens with zero attached hydrogens (tertiary/aromatic N) is 3. The molecule has 3 heterocycles. The predicted octanol–water partition coefficient (Wildman–Crippen LogP) is 22.5. The Hall–Kier alpha value is -8.12. The van der Waals surface area contributed by atoms with Crippen molar-refractivity contribution in [2.24, 2.45) is 0 Å². The van der Waals surface area contributed by atoms with E-state index in [1.165, 1.54) is 132 Å². The minimum Gasteiger partial charge on any atom is -0.311 e. The quantitative estimate of drug-likeness (QED) is 0.147. The van der Waals surface area contributed by atoms with Crippen LogP contribution in [-0.4, -0.2) is 6.71 Å². The van der Waals surface area contributed by atoms with Gasteiger partial charge in [0.15, 0.2) is 0 Å². The van der Waals surface area contributed by atoms with E-state index in [4.69, 9.17) is 0 Å². The summed E-state index contributed by atoms with van der Waals surface area (Å²) in [5, 5.41) is 2.64. The van der Waals surface area contributed by atoms with E-state index in [2.05, 4.69) is 319 Å². The van der Waals surface area contributed by atoms with Gasteiger partial charge in [0, 0.05) is 65.7 Å². The van der Waals surface area contributed by atoms with Gasteiger partial charge in [0.1, 0.15) is 0 Å². The van der Waals surface area contributed by atoms with Crippen LogP contribution in [0.5, 0.6) is 0 Å². The zero-order valence-corrected chi connectivity index (χ0v) is 56.5. The Labute approximate surface area is 540 Å². The number of thiophene rings is 1. The van der Waals surface area contributed by atoms with Crippen LogP contribution in [0.4, 0.5) is 51.2 Å². The Bertz CT molecular complexity index is 4640. The Morgan fingerprint density at radius 3 is 1.49 bits per heavy atom. The molecule has 3 nitrogen and oxygen atoms in total. The molecule has 0 saturated carbocycles. The lowest BCUT2D eigenvalue weighted by Gasteiger charge is -2.48. The predicted molar refractivity (Wildman–Crippen MR) is 392 cm³/mol. The van der Waals surface area contributed by atoms with Gasteiger partial charge in [0.25, 0.3) is 6.71 Å². The van der Waals surface area contributed by atoms with Crippen LogP contribution >= 0.6 is 11.3 Å². The van der Waals surface area contributed by atoms with Crippen molar-refractivity contribution in [2.75, 3.05) is 14.7 Å². The normalized spacial score (nSPS) is 16.7. The number of hydrogen-bond donors (Lipinski definition) is 0. The van der Waals surface area contributed by atoms with Crippen LogP contribution in [0.3, 0.4) is 0 Å². The minimum absolute atomic E-state index is 0.00566. The Morgan fingerprint density at radius 1 is 0.378 bits per heavy atom. The van der Waals surface area contributed by atoms with E-state index in [1.807, 2.05) is 11.3 Å². The summed E-state index contributed by atoms with van der Waals surface area (Å²) in [4.78, 5) is 7.94. The maximum atomic E-state index is 2.74. The first kappa shape index (κ1) is 58.3. The average molecular weight is 1190 g/mol. The van der Waals surface area contributed by atoms with Gasteiger partial charge >= 0.3 is 0 Å². The van der Waals surface area contributed by atoms with E-state index in [-0.39, 0.29) is 39.2 Å². The maximum Gasteiger partial charge on any atom is 0.252 e. The van der Waals surface area contributed by atoms with E-state index < -0.39 is 0 Å². The number of fused-ring (bicyclic) bond motifs is 9. The molecule has 10 aromatic carbocycles. The molecule has 2 aliphatic heterocycles. The fraction of sp³-hybridized carbons (Fsp3) is 0.294. The first-order valence-corrected chi connectivity index (χ1v) is 33.9. The van der Waals surface area contributed by atoms with Gasteiger partial charge in [-0.15, -0.1) is 11.3 Å². The Morgan fingerprint density at radius 2 is 0.878 bits per heavy atom. The number of benzene rings is 10. The van der Waals surface area contributed by atoms with Crippen LogP contribution < -0.4 is 31.1 Å². The summed E-state index contributed by atoms with van der Waals surface area (Å²) in [6.07, 6.45) is 4.57. The van der Waals surface area contributed by atoms with E-state index in [1.54, 1.807) is 0 Å². The molecule has 0 unspecified atom stereocenters. The summed E-state index contributed by atoms with van der Waals surface area (Å²) >= 11 is 1.89. The molecule has 0 amide bonds. The molecule has 4 aliphatic rings. The van der Waals surface area contributed by atoms with E-state index >= 15 is 0 Å². The molecule has 450 valence electrons. The third-order valence-electron chi connectivity index (χ3n) is 21.6. The van der Waals surface area contributed by atoms with Gasteiger partial charge in [-0.05, 0) is 234 Å². The van der Waals surface area contributed by atoms with Gasteiger partial charge in [-0.1, -0.05) is 206 Å². The van der Waals surface area contributed by atoms with Crippen LogP contribution in [0.15, 0.2) is 200 Å². The van der Waals surface area contributed by atoms with Crippen molar-refractivity contribution in [3.05, 3.63) is 239 Å². The lowest BCUT2D eigenvalue weighted by molar-refractivity contribution is 0.332. The van der Waals surface area contributed by atoms with Gasteiger partial charge in [0.2, 0.25) is 0 Å². The topological polar surface area (TPSA) is 9.72 Å². The zero-order chi connectivity index (χ0) is 62.8. The number of aryl methyl sites for hydroxylation is 1. The summed E-state index contributed by atoms with van der Waals surface area (Å²) in [7, 11) is 0. The molecule has 0 bridgehead atoms. The largest absolute Gasteiger partial charge is 0.311 e. The third kappa shape index (κ3) is 9.49. The van der Waals surface area contributed by atoms with E-state index in [9.17, 15) is 0 Å². The highest BCUT2D eigenvalue weighted by Gasteiger charge is 2.48. The second-order valence-electron chi connectivity index (χ2n) is 31.6. The molecule has 0 saturated heterocycles. The van der Waals surface area contributed by atoms with Crippen molar-refractivity contribution in [1.29, 1.82) is 0 Å². The van der Waals surface area contributed by atoms with Crippen molar-refractivity contribution in [1.82, 2.24) is 0 Å². The van der Waals surface area contributed by atoms with Crippen molar-refractivity contribution in [2.45, 2.75) is 162 Å². The molecule has 15 rings (SSSR count). The summed E-state index contributed by atoms with van der Waals surface area (Å²) in [5.41, 5.74) is 29.3. The Balaban J connectivity index is 1.08. The highest BCUT2D eigenvalue weighted by molar-refractivity contribution is 7.25. The van der Waals surface area contributed by atoms with Crippen molar-refractivity contribution in [3.8, 4) is 22.3 Å². The molecular weight excluding hydrogens is 1110 g/mol. The van der Waals surface area contributed by atoms with Crippen LogP contribution in [0.1, 0.15) is 162 Å². The number of hydrogen-bond acceptors (Lipinski definition) is 4. The first-order valence-electron chi connectivity index (χ1n) is 33.1. The lowest BCUT2D eigenvalue weighted by Crippen LogP contribution is -2.62. The van der Waals surface area contributed by atoms with Gasteiger partial charge in [-0.2, -0.15) is 0 Å². The van der Waals surface area contributed by atoms with Gasteiger partial charge in [-0.3, -0.25) is 0 Å². The molecule has 5 heteroatoms. The molecule has 0 fully saturated rings. The van der Waals surface area contributed by atoms with Crippen LogP contribution in [-0.2, 0) is 32.5 Å². The first-order chi connectivity index (χ1) is 42.7. The second kappa shape index (κ2) is 20.4. The smallest absolute Gasteiger partial charge is 0.252 e. The molecule has 0 spiro atoms. The van der Waals surface area contributed by atoms with Crippen molar-refractivity contribution >= 4 is 106 Å². The second-order valence-corrected chi connectivity index (χ2v) is 32.7. The molecule has 1 aromatic heterocycles. The minimum atomic E-state index is -0.110. The molecule has 2 aliphatic carbocycles. The molecule has 90 heavy (non-hydrogen) atoms. The summed E-state index contributed by atoms with van der Waals surface area (Å²) in [6.45, 7) is 36.0. The standard InChI is InChI=1S/C85H86BN3S/c1-53-45-55(54-21-17-16-18-22-54)25-38-72(53)89-73-39-26-57(56-27-40-78-65(46-56)64-23-19-20-24-77(64)90-78)47-70(73)86-71-51-68-69(85(14,15)44-43-84(68,12)13)52-74(71)88(62-36-37-66-67(48-62)83(10,11)42-41-82(66,8)9)75-49-63(50-76(89)79(75)86)87(60-32-28-58(29-33-60)80(2,3)4)61-34-30-59(31-35-61)81(5,6)7/h16-40,45-52H,41-44H2,1-15H3. The lowest BCUT2D eigenvalue weighted by atomic mass is 9.33. The molecule has 0 atom stereocenters. The highest BCUT2D eigenvalue weighted by atomic mass is 32.1. The van der Waals surface area contributed by atoms with Gasteiger partial charge < -0.3 is 14.7 Å². The summed E-state index contributed by atoms with van der Waals surface area (Å²) in [5.74, 6) is 0. The third-order valence-corrected chi connectivity index (χ3v) is 22.8. The molecular formula is C85H86BN3S. The highest BCUT2D eigenvalue weighted by Crippen LogP contribution is 2.55. The van der Waals surface area contributed by atoms with Gasteiger partial charge in [-0.25, -0.2) is 0 Å². The summed E-state index contributed by atoms with van der Waals surface area (Å²) < 4.78 is 2.65.